The molecule has 2 heteroatoms. The minimum Gasteiger partial charge on any atom is -0.308 e. The molecule has 1 saturated carbocycles. The average Bonchev–Trinajstić information content (AvgIpc) is 3.22. The van der Waals surface area contributed by atoms with Crippen LogP contribution in [0.25, 0.3) is 0 Å². The summed E-state index contributed by atoms with van der Waals surface area (Å²) >= 11 is 0. The molecule has 0 radical (unpaired) electrons. The van der Waals surface area contributed by atoms with E-state index in [1.54, 1.807) is 5.56 Å². The Kier molecular flexibility index (Phi) is 3.90. The van der Waals surface area contributed by atoms with E-state index in [0.29, 0.717) is 12.1 Å². The van der Waals surface area contributed by atoms with E-state index in [1.807, 2.05) is 0 Å². The molecule has 0 spiro atoms. The highest BCUT2D eigenvalue weighted by Crippen LogP contribution is 2.30. The van der Waals surface area contributed by atoms with E-state index in [9.17, 15) is 0 Å². The summed E-state index contributed by atoms with van der Waals surface area (Å²) in [4.78, 5) is 2.67. The van der Waals surface area contributed by atoms with Crippen LogP contribution in [0.5, 0.6) is 0 Å². The van der Waals surface area contributed by atoms with Crippen molar-refractivity contribution in [3.8, 4) is 0 Å². The van der Waals surface area contributed by atoms with Gasteiger partial charge in [0.15, 0.2) is 0 Å². The van der Waals surface area contributed by atoms with Gasteiger partial charge < -0.3 is 5.32 Å². The Bertz CT molecular complexity index is 423. The Hall–Kier alpha value is -0.860. The highest BCUT2D eigenvalue weighted by Gasteiger charge is 2.27. The van der Waals surface area contributed by atoms with E-state index in [0.717, 1.165) is 12.5 Å². The van der Waals surface area contributed by atoms with Crippen LogP contribution >= 0.6 is 0 Å². The van der Waals surface area contributed by atoms with Gasteiger partial charge >= 0.3 is 0 Å². The third-order valence-electron chi connectivity index (χ3n) is 4.54. The SMILES string of the molecule is CC(C)N(CC1CC1)CC1Cc2ccccc2CN1. The van der Waals surface area contributed by atoms with Crippen molar-refractivity contribution in [3.05, 3.63) is 35.4 Å². The van der Waals surface area contributed by atoms with Crippen LogP contribution in [0.1, 0.15) is 37.8 Å². The first-order valence-electron chi connectivity index (χ1n) is 7.76. The van der Waals surface area contributed by atoms with E-state index in [-0.39, 0.29) is 0 Å². The molecule has 1 aromatic carbocycles. The smallest absolute Gasteiger partial charge is 0.0238 e. The Balaban J connectivity index is 1.60. The first kappa shape index (κ1) is 13.1. The largest absolute Gasteiger partial charge is 0.308 e. The summed E-state index contributed by atoms with van der Waals surface area (Å²) in [5, 5.41) is 3.71. The van der Waals surface area contributed by atoms with Gasteiger partial charge in [0.2, 0.25) is 0 Å². The second-order valence-corrected chi connectivity index (χ2v) is 6.54. The molecule has 2 aliphatic rings. The molecule has 19 heavy (non-hydrogen) atoms. The van der Waals surface area contributed by atoms with Gasteiger partial charge in [0.25, 0.3) is 0 Å². The Morgan fingerprint density at radius 2 is 1.89 bits per heavy atom. The van der Waals surface area contributed by atoms with Crippen LogP contribution in [-0.2, 0) is 13.0 Å². The predicted octanol–water partition coefficient (Wildman–Crippen LogP) is 2.82. The van der Waals surface area contributed by atoms with Crippen molar-refractivity contribution < 1.29 is 0 Å². The van der Waals surface area contributed by atoms with E-state index >= 15 is 0 Å². The zero-order chi connectivity index (χ0) is 13.2. The van der Waals surface area contributed by atoms with Gasteiger partial charge in [-0.05, 0) is 50.2 Å². The molecule has 2 nitrogen and oxygen atoms in total. The molecule has 0 bridgehead atoms. The summed E-state index contributed by atoms with van der Waals surface area (Å²) in [6.45, 7) is 8.20. The van der Waals surface area contributed by atoms with Crippen molar-refractivity contribution in [2.45, 2.75) is 51.7 Å². The van der Waals surface area contributed by atoms with Gasteiger partial charge in [0.05, 0.1) is 0 Å². The highest BCUT2D eigenvalue weighted by molar-refractivity contribution is 5.29. The number of rotatable bonds is 5. The lowest BCUT2D eigenvalue weighted by atomic mass is 9.95. The molecule has 1 atom stereocenters. The fourth-order valence-electron chi connectivity index (χ4n) is 3.06. The maximum atomic E-state index is 3.71. The summed E-state index contributed by atoms with van der Waals surface area (Å²) in [5.74, 6) is 0.985. The van der Waals surface area contributed by atoms with Crippen LogP contribution in [0.4, 0.5) is 0 Å². The van der Waals surface area contributed by atoms with Crippen molar-refractivity contribution in [2.75, 3.05) is 13.1 Å². The van der Waals surface area contributed by atoms with Crippen molar-refractivity contribution in [1.82, 2.24) is 10.2 Å². The van der Waals surface area contributed by atoms with Gasteiger partial charge in [-0.3, -0.25) is 4.90 Å². The number of nitrogens with one attached hydrogen (secondary N) is 1. The quantitative estimate of drug-likeness (QED) is 0.873. The monoisotopic (exact) mass is 258 g/mol. The van der Waals surface area contributed by atoms with E-state index in [1.165, 1.54) is 37.9 Å². The minimum atomic E-state index is 0.621. The fourth-order valence-corrected chi connectivity index (χ4v) is 3.06. The first-order valence-corrected chi connectivity index (χ1v) is 7.76. The fraction of sp³-hybridized carbons (Fsp3) is 0.647. The summed E-state index contributed by atoms with van der Waals surface area (Å²) in [6.07, 6.45) is 4.08. The third kappa shape index (κ3) is 3.37. The number of benzene rings is 1. The lowest BCUT2D eigenvalue weighted by Crippen LogP contribution is -2.47. The van der Waals surface area contributed by atoms with Crippen molar-refractivity contribution in [3.63, 3.8) is 0 Å². The molecule has 0 amide bonds. The molecule has 0 aromatic heterocycles. The van der Waals surface area contributed by atoms with Crippen molar-refractivity contribution in [2.24, 2.45) is 5.92 Å². The molecule has 1 N–H and O–H groups in total. The maximum Gasteiger partial charge on any atom is 0.0238 e. The summed E-state index contributed by atoms with van der Waals surface area (Å²) in [5.41, 5.74) is 3.03. The molecule has 1 heterocycles. The zero-order valence-corrected chi connectivity index (χ0v) is 12.2. The first-order chi connectivity index (χ1) is 9.22. The highest BCUT2D eigenvalue weighted by atomic mass is 15.2. The molecule has 1 aliphatic carbocycles. The van der Waals surface area contributed by atoms with Crippen LogP contribution in [-0.4, -0.2) is 30.1 Å². The molecule has 0 saturated heterocycles. The molecule has 104 valence electrons. The second-order valence-electron chi connectivity index (χ2n) is 6.54. The van der Waals surface area contributed by atoms with Crippen LogP contribution in [0.3, 0.4) is 0 Å². The molecule has 1 aliphatic heterocycles. The standard InChI is InChI=1S/C17H26N2/c1-13(2)19(11-14-7-8-14)12-17-9-15-5-3-4-6-16(15)10-18-17/h3-6,13-14,17-18H,7-12H2,1-2H3. The lowest BCUT2D eigenvalue weighted by molar-refractivity contribution is 0.185. The normalized spacial score (nSPS) is 22.8. The summed E-state index contributed by atoms with van der Waals surface area (Å²) < 4.78 is 0. The number of hydrogen-bond acceptors (Lipinski definition) is 2. The van der Waals surface area contributed by atoms with Gasteiger partial charge in [0.1, 0.15) is 0 Å². The summed E-state index contributed by atoms with van der Waals surface area (Å²) in [7, 11) is 0. The second kappa shape index (κ2) is 5.64. The summed E-state index contributed by atoms with van der Waals surface area (Å²) in [6, 6.07) is 10.2. The number of fused-ring (bicyclic) bond motifs is 1. The van der Waals surface area contributed by atoms with Gasteiger partial charge in [-0.25, -0.2) is 0 Å². The van der Waals surface area contributed by atoms with Gasteiger partial charge in [-0.2, -0.15) is 0 Å². The van der Waals surface area contributed by atoms with Gasteiger partial charge in [-0.15, -0.1) is 0 Å². The van der Waals surface area contributed by atoms with Crippen LogP contribution < -0.4 is 5.32 Å². The predicted molar refractivity (Wildman–Crippen MR) is 80.2 cm³/mol. The van der Waals surface area contributed by atoms with E-state index in [4.69, 9.17) is 0 Å². The van der Waals surface area contributed by atoms with Crippen LogP contribution in [0.2, 0.25) is 0 Å². The maximum absolute atomic E-state index is 3.71. The molecule has 1 aromatic rings. The van der Waals surface area contributed by atoms with Crippen molar-refractivity contribution in [1.29, 1.82) is 0 Å². The topological polar surface area (TPSA) is 15.3 Å². The lowest BCUT2D eigenvalue weighted by Gasteiger charge is -2.34. The Morgan fingerprint density at radius 1 is 1.16 bits per heavy atom. The van der Waals surface area contributed by atoms with Crippen LogP contribution in [0, 0.1) is 5.92 Å². The third-order valence-corrected chi connectivity index (χ3v) is 4.54. The van der Waals surface area contributed by atoms with E-state index < -0.39 is 0 Å². The van der Waals surface area contributed by atoms with Crippen molar-refractivity contribution >= 4 is 0 Å². The number of nitrogens with zero attached hydrogens (tertiary/aromatic N) is 1. The molecular formula is C17H26N2. The number of hydrogen-bond donors (Lipinski definition) is 1. The molecule has 3 rings (SSSR count). The molecular weight excluding hydrogens is 232 g/mol. The zero-order valence-electron chi connectivity index (χ0n) is 12.2. The van der Waals surface area contributed by atoms with Gasteiger partial charge in [0, 0.05) is 31.7 Å². The molecule has 1 unspecified atom stereocenters. The van der Waals surface area contributed by atoms with Gasteiger partial charge in [-0.1, -0.05) is 24.3 Å². The Labute approximate surface area is 117 Å². The molecule has 1 fully saturated rings. The van der Waals surface area contributed by atoms with E-state index in [2.05, 4.69) is 48.3 Å². The average molecular weight is 258 g/mol. The Morgan fingerprint density at radius 3 is 2.58 bits per heavy atom. The van der Waals surface area contributed by atoms with Crippen LogP contribution in [0.15, 0.2) is 24.3 Å². The minimum absolute atomic E-state index is 0.621.